The molecule has 1 fully saturated rings. The van der Waals surface area contributed by atoms with Gasteiger partial charge in [0.1, 0.15) is 0 Å². The number of rotatable bonds is 3. The third kappa shape index (κ3) is 1.86. The van der Waals surface area contributed by atoms with Gasteiger partial charge in [0, 0.05) is 20.1 Å². The summed E-state index contributed by atoms with van der Waals surface area (Å²) in [4.78, 5) is 18.2. The van der Waals surface area contributed by atoms with Crippen LogP contribution in [0.4, 0.5) is 5.95 Å². The molecular formula is C15H18N4O. The Kier molecular flexibility index (Phi) is 2.97. The van der Waals surface area contributed by atoms with Crippen LogP contribution in [0, 0.1) is 0 Å². The molecule has 3 rings (SSSR count). The summed E-state index contributed by atoms with van der Waals surface area (Å²) in [5.41, 5.74) is 8.76. The predicted molar refractivity (Wildman–Crippen MR) is 79.3 cm³/mol. The first-order valence-electron chi connectivity index (χ1n) is 6.73. The molecule has 1 amide bonds. The highest BCUT2D eigenvalue weighted by Gasteiger charge is 2.30. The van der Waals surface area contributed by atoms with Gasteiger partial charge in [-0.2, -0.15) is 0 Å². The van der Waals surface area contributed by atoms with Crippen molar-refractivity contribution in [2.45, 2.75) is 18.9 Å². The zero-order valence-corrected chi connectivity index (χ0v) is 11.5. The van der Waals surface area contributed by atoms with Gasteiger partial charge in [-0.15, -0.1) is 6.58 Å². The van der Waals surface area contributed by atoms with Gasteiger partial charge in [0.2, 0.25) is 11.9 Å². The van der Waals surface area contributed by atoms with Crippen LogP contribution in [-0.2, 0) is 11.3 Å². The highest BCUT2D eigenvalue weighted by Crippen LogP contribution is 2.30. The maximum Gasteiger partial charge on any atom is 0.229 e. The zero-order chi connectivity index (χ0) is 14.3. The fourth-order valence-corrected chi connectivity index (χ4v) is 2.83. The van der Waals surface area contributed by atoms with Crippen LogP contribution in [0.15, 0.2) is 30.9 Å². The molecule has 1 unspecified atom stereocenters. The van der Waals surface area contributed by atoms with E-state index in [1.54, 1.807) is 11.0 Å². The van der Waals surface area contributed by atoms with Gasteiger partial charge in [-0.25, -0.2) is 4.98 Å². The first-order valence-corrected chi connectivity index (χ1v) is 6.73. The van der Waals surface area contributed by atoms with E-state index in [4.69, 9.17) is 5.73 Å². The lowest BCUT2D eigenvalue weighted by Crippen LogP contribution is -2.21. The van der Waals surface area contributed by atoms with Gasteiger partial charge in [0.25, 0.3) is 0 Å². The lowest BCUT2D eigenvalue weighted by molar-refractivity contribution is -0.127. The van der Waals surface area contributed by atoms with E-state index in [1.165, 1.54) is 0 Å². The molecule has 1 aliphatic heterocycles. The lowest BCUT2D eigenvalue weighted by atomic mass is 9.97. The summed E-state index contributed by atoms with van der Waals surface area (Å²) in [5.74, 6) is 0.616. The van der Waals surface area contributed by atoms with Gasteiger partial charge in [0.05, 0.1) is 17.0 Å². The number of nitrogen functional groups attached to an aromatic ring is 1. The monoisotopic (exact) mass is 270 g/mol. The smallest absolute Gasteiger partial charge is 0.229 e. The molecule has 5 heteroatoms. The number of imidazole rings is 1. The average molecular weight is 270 g/mol. The molecule has 5 nitrogen and oxygen atoms in total. The minimum absolute atomic E-state index is 0.0461. The van der Waals surface area contributed by atoms with E-state index in [0.717, 1.165) is 29.6 Å². The molecule has 104 valence electrons. The standard InChI is InChI=1S/C15H18N4O/c1-3-7-19-13-5-4-10(9-12(13)17-15(19)16)11-6-8-18(2)14(11)20/h3-5,9,11H,1,6-8H2,2H3,(H2,16,17). The Morgan fingerprint density at radius 2 is 2.35 bits per heavy atom. The molecule has 0 radical (unpaired) electrons. The second-order valence-electron chi connectivity index (χ2n) is 5.22. The number of hydrogen-bond acceptors (Lipinski definition) is 3. The van der Waals surface area contributed by atoms with E-state index in [9.17, 15) is 4.79 Å². The van der Waals surface area contributed by atoms with Gasteiger partial charge in [-0.05, 0) is 24.1 Å². The van der Waals surface area contributed by atoms with Crippen LogP contribution in [0.3, 0.4) is 0 Å². The van der Waals surface area contributed by atoms with Crippen molar-refractivity contribution in [3.8, 4) is 0 Å². The van der Waals surface area contributed by atoms with Crippen molar-refractivity contribution in [3.63, 3.8) is 0 Å². The number of allylic oxidation sites excluding steroid dienone is 1. The summed E-state index contributed by atoms with van der Waals surface area (Å²) in [6, 6.07) is 5.97. The Bertz CT molecular complexity index is 688. The maximum absolute atomic E-state index is 12.1. The van der Waals surface area contributed by atoms with Crippen molar-refractivity contribution in [2.75, 3.05) is 19.3 Å². The maximum atomic E-state index is 12.1. The second kappa shape index (κ2) is 4.67. The molecule has 0 aliphatic carbocycles. The summed E-state index contributed by atoms with van der Waals surface area (Å²) < 4.78 is 1.91. The van der Waals surface area contributed by atoms with Crippen molar-refractivity contribution < 1.29 is 4.79 Å². The van der Waals surface area contributed by atoms with Gasteiger partial charge in [-0.1, -0.05) is 12.1 Å². The molecule has 1 atom stereocenters. The van der Waals surface area contributed by atoms with Gasteiger partial charge in [0.15, 0.2) is 0 Å². The van der Waals surface area contributed by atoms with Crippen molar-refractivity contribution in [1.82, 2.24) is 14.5 Å². The Morgan fingerprint density at radius 1 is 1.55 bits per heavy atom. The van der Waals surface area contributed by atoms with E-state index in [2.05, 4.69) is 11.6 Å². The molecule has 20 heavy (non-hydrogen) atoms. The highest BCUT2D eigenvalue weighted by atomic mass is 16.2. The lowest BCUT2D eigenvalue weighted by Gasteiger charge is -2.10. The normalized spacial score (nSPS) is 18.9. The number of aromatic nitrogens is 2. The summed E-state index contributed by atoms with van der Waals surface area (Å²) in [7, 11) is 1.84. The van der Waals surface area contributed by atoms with E-state index in [0.29, 0.717) is 12.5 Å². The topological polar surface area (TPSA) is 64.2 Å². The Labute approximate surface area is 117 Å². The van der Waals surface area contributed by atoms with E-state index in [-0.39, 0.29) is 11.8 Å². The van der Waals surface area contributed by atoms with Gasteiger partial charge >= 0.3 is 0 Å². The summed E-state index contributed by atoms with van der Waals surface area (Å²) in [5, 5.41) is 0. The number of benzene rings is 1. The van der Waals surface area contributed by atoms with Crippen LogP contribution in [0.5, 0.6) is 0 Å². The minimum atomic E-state index is -0.0461. The molecule has 0 saturated carbocycles. The number of fused-ring (bicyclic) bond motifs is 1. The third-order valence-corrected chi connectivity index (χ3v) is 3.94. The quantitative estimate of drug-likeness (QED) is 0.864. The van der Waals surface area contributed by atoms with E-state index >= 15 is 0 Å². The molecular weight excluding hydrogens is 252 g/mol. The second-order valence-corrected chi connectivity index (χ2v) is 5.22. The van der Waals surface area contributed by atoms with Crippen LogP contribution >= 0.6 is 0 Å². The largest absolute Gasteiger partial charge is 0.369 e. The number of amides is 1. The highest BCUT2D eigenvalue weighted by molar-refractivity contribution is 5.87. The van der Waals surface area contributed by atoms with E-state index < -0.39 is 0 Å². The average Bonchev–Trinajstić information content (AvgIpc) is 2.92. The van der Waals surface area contributed by atoms with Crippen molar-refractivity contribution in [3.05, 3.63) is 36.4 Å². The number of anilines is 1. The minimum Gasteiger partial charge on any atom is -0.369 e. The fourth-order valence-electron chi connectivity index (χ4n) is 2.83. The molecule has 1 aliphatic rings. The predicted octanol–water partition coefficient (Wildman–Crippen LogP) is 1.75. The Balaban J connectivity index is 2.04. The Hall–Kier alpha value is -2.30. The molecule has 1 saturated heterocycles. The summed E-state index contributed by atoms with van der Waals surface area (Å²) in [6.07, 6.45) is 2.66. The number of nitrogens with zero attached hydrogens (tertiary/aromatic N) is 3. The zero-order valence-electron chi connectivity index (χ0n) is 11.5. The number of carbonyl (C=O) groups is 1. The SMILES string of the molecule is C=CCn1c(N)nc2cc(C3CCN(C)C3=O)ccc21. The molecule has 2 heterocycles. The number of hydrogen-bond donors (Lipinski definition) is 1. The number of likely N-dealkylation sites (N-methyl/N-ethyl adjacent to an activating group) is 1. The first-order chi connectivity index (χ1) is 9.61. The summed E-state index contributed by atoms with van der Waals surface area (Å²) >= 11 is 0. The van der Waals surface area contributed by atoms with Crippen LogP contribution in [0.2, 0.25) is 0 Å². The van der Waals surface area contributed by atoms with Gasteiger partial charge < -0.3 is 15.2 Å². The van der Waals surface area contributed by atoms with Crippen molar-refractivity contribution in [2.24, 2.45) is 0 Å². The molecule has 2 aromatic rings. The van der Waals surface area contributed by atoms with Crippen LogP contribution in [0.25, 0.3) is 11.0 Å². The van der Waals surface area contributed by atoms with E-state index in [1.807, 2.05) is 29.8 Å². The molecule has 2 N–H and O–H groups in total. The van der Waals surface area contributed by atoms with Crippen molar-refractivity contribution in [1.29, 1.82) is 0 Å². The first kappa shape index (κ1) is 12.7. The summed E-state index contributed by atoms with van der Waals surface area (Å²) in [6.45, 7) is 5.17. The van der Waals surface area contributed by atoms with Gasteiger partial charge in [-0.3, -0.25) is 4.79 Å². The van der Waals surface area contributed by atoms with Crippen molar-refractivity contribution >= 4 is 22.9 Å². The molecule has 0 spiro atoms. The Morgan fingerprint density at radius 3 is 3.00 bits per heavy atom. The molecule has 1 aromatic carbocycles. The number of carbonyl (C=O) groups excluding carboxylic acids is 1. The fraction of sp³-hybridized carbons (Fsp3) is 0.333. The van der Waals surface area contributed by atoms with Crippen LogP contribution < -0.4 is 5.73 Å². The third-order valence-electron chi connectivity index (χ3n) is 3.94. The van der Waals surface area contributed by atoms with Crippen LogP contribution in [0.1, 0.15) is 17.9 Å². The molecule has 0 bridgehead atoms. The van der Waals surface area contributed by atoms with Crippen LogP contribution in [-0.4, -0.2) is 34.0 Å². The number of nitrogens with two attached hydrogens (primary N) is 1. The molecule has 1 aromatic heterocycles. The number of likely N-dealkylation sites (tertiary alicyclic amines) is 1.